The van der Waals surface area contributed by atoms with Gasteiger partial charge >= 0.3 is 0 Å². The number of hydrogen-bond acceptors (Lipinski definition) is 2. The fourth-order valence-corrected chi connectivity index (χ4v) is 1.58. The van der Waals surface area contributed by atoms with Gasteiger partial charge in [0, 0.05) is 35.1 Å². The molecule has 0 N–H and O–H groups in total. The van der Waals surface area contributed by atoms with E-state index >= 15 is 0 Å². The van der Waals surface area contributed by atoms with Gasteiger partial charge in [0.25, 0.3) is 0 Å². The van der Waals surface area contributed by atoms with E-state index in [0.29, 0.717) is 16.9 Å². The van der Waals surface area contributed by atoms with E-state index in [1.165, 1.54) is 0 Å². The third-order valence-corrected chi connectivity index (χ3v) is 2.39. The van der Waals surface area contributed by atoms with Gasteiger partial charge < -0.3 is 4.74 Å². The third-order valence-electron chi connectivity index (χ3n) is 2.39. The molecule has 0 heterocycles. The molecule has 2 aromatic rings. The number of methoxy groups -OCH3 is 1. The van der Waals surface area contributed by atoms with Gasteiger partial charge in [-0.25, -0.2) is 0 Å². The van der Waals surface area contributed by atoms with E-state index in [4.69, 9.17) is 4.74 Å². The van der Waals surface area contributed by atoms with Gasteiger partial charge in [-0.15, -0.1) is 0 Å². The molecule has 0 aliphatic rings. The maximum Gasteiger partial charge on any atom is 0.196 e. The van der Waals surface area contributed by atoms with Gasteiger partial charge in [-0.1, -0.05) is 42.5 Å². The summed E-state index contributed by atoms with van der Waals surface area (Å²) in [5, 5.41) is 0. The average molecular weight is 235 g/mol. The monoisotopic (exact) mass is 235 g/mol. The summed E-state index contributed by atoms with van der Waals surface area (Å²) in [6.07, 6.45) is 0. The van der Waals surface area contributed by atoms with E-state index < -0.39 is 0 Å². The van der Waals surface area contributed by atoms with Gasteiger partial charge in [0.1, 0.15) is 5.75 Å². The Balaban J connectivity index is 0.00000144. The van der Waals surface area contributed by atoms with Gasteiger partial charge in [0.15, 0.2) is 5.78 Å². The van der Waals surface area contributed by atoms with E-state index in [1.807, 2.05) is 30.3 Å². The first-order valence-electron chi connectivity index (χ1n) is 5.05. The second kappa shape index (κ2) is 6.60. The summed E-state index contributed by atoms with van der Waals surface area (Å²) in [7, 11) is 1.57. The second-order valence-electron chi connectivity index (χ2n) is 3.40. The van der Waals surface area contributed by atoms with E-state index in [2.05, 4.69) is 0 Å². The van der Waals surface area contributed by atoms with Gasteiger partial charge in [0.2, 0.25) is 0 Å². The molecule has 0 atom stereocenters. The summed E-state index contributed by atoms with van der Waals surface area (Å²) in [6, 6.07) is 16.4. The van der Waals surface area contributed by atoms with Crippen LogP contribution >= 0.6 is 0 Å². The Morgan fingerprint density at radius 2 is 1.53 bits per heavy atom. The summed E-state index contributed by atoms with van der Waals surface area (Å²) in [5.41, 5.74) is 1.27. The van der Waals surface area contributed by atoms with Crippen LogP contribution in [0.15, 0.2) is 54.6 Å². The van der Waals surface area contributed by atoms with Crippen LogP contribution in [-0.2, 0) is 0 Å². The largest absolute Gasteiger partial charge is 0.496 e. The number of ether oxygens (including phenoxy) is 1. The van der Waals surface area contributed by atoms with Crippen LogP contribution in [0.25, 0.3) is 0 Å². The molecule has 3 heteroatoms. The first-order valence-corrected chi connectivity index (χ1v) is 5.05. The molecule has 81 valence electrons. The number of carbonyl (C=O) groups excluding carboxylic acids is 1. The van der Waals surface area contributed by atoms with Crippen molar-refractivity contribution in [1.82, 2.24) is 0 Å². The molecule has 0 saturated heterocycles. The van der Waals surface area contributed by atoms with Crippen LogP contribution in [0.1, 0.15) is 15.9 Å². The van der Waals surface area contributed by atoms with Crippen LogP contribution in [0.2, 0.25) is 0 Å². The van der Waals surface area contributed by atoms with Crippen LogP contribution in [0.3, 0.4) is 0 Å². The van der Waals surface area contributed by atoms with Crippen LogP contribution in [0.5, 0.6) is 5.75 Å². The molecule has 1 radical (unpaired) electrons. The Labute approximate surface area is 123 Å². The van der Waals surface area contributed by atoms with Crippen molar-refractivity contribution in [3.8, 4) is 5.75 Å². The van der Waals surface area contributed by atoms with Crippen molar-refractivity contribution in [3.05, 3.63) is 65.7 Å². The van der Waals surface area contributed by atoms with E-state index in [0.717, 1.165) is 0 Å². The minimum absolute atomic E-state index is 0. The van der Waals surface area contributed by atoms with Crippen LogP contribution in [-0.4, -0.2) is 42.5 Å². The van der Waals surface area contributed by atoms with Crippen molar-refractivity contribution in [2.75, 3.05) is 7.11 Å². The topological polar surface area (TPSA) is 26.3 Å². The molecule has 0 unspecified atom stereocenters. The van der Waals surface area contributed by atoms with Crippen molar-refractivity contribution in [2.24, 2.45) is 0 Å². The molecule has 2 nitrogen and oxygen atoms in total. The van der Waals surface area contributed by atoms with Crippen LogP contribution in [0.4, 0.5) is 0 Å². The number of benzene rings is 2. The minimum Gasteiger partial charge on any atom is -0.496 e. The molecule has 0 bridgehead atoms. The zero-order chi connectivity index (χ0) is 11.4. The van der Waals surface area contributed by atoms with Gasteiger partial charge in [-0.3, -0.25) is 4.79 Å². The summed E-state index contributed by atoms with van der Waals surface area (Å²) in [5.74, 6) is 0.592. The normalized spacial score (nSPS) is 9.24. The molecule has 0 saturated carbocycles. The first kappa shape index (κ1) is 14.0. The second-order valence-corrected chi connectivity index (χ2v) is 3.40. The summed E-state index contributed by atoms with van der Waals surface area (Å²) in [4.78, 5) is 12.1. The van der Waals surface area contributed by atoms with Crippen molar-refractivity contribution >= 4 is 35.3 Å². The molecule has 0 aliphatic carbocycles. The number of carbonyl (C=O) groups is 1. The van der Waals surface area contributed by atoms with Crippen LogP contribution < -0.4 is 4.74 Å². The predicted molar refractivity (Wildman–Crippen MR) is 68.6 cm³/mol. The SMILES string of the molecule is COc1ccccc1C(=O)c1ccccc1.[Na]. The Hall–Kier alpha value is -1.09. The molecule has 2 aromatic carbocycles. The third kappa shape index (κ3) is 3.19. The summed E-state index contributed by atoms with van der Waals surface area (Å²) >= 11 is 0. The molecule has 2 rings (SSSR count). The fourth-order valence-electron chi connectivity index (χ4n) is 1.58. The molecular weight excluding hydrogens is 223 g/mol. The summed E-state index contributed by atoms with van der Waals surface area (Å²) in [6.45, 7) is 0. The van der Waals surface area contributed by atoms with Gasteiger partial charge in [-0.2, -0.15) is 0 Å². The zero-order valence-corrected chi connectivity index (χ0v) is 12.0. The van der Waals surface area contributed by atoms with E-state index in [9.17, 15) is 4.79 Å². The molecule has 0 aliphatic heterocycles. The summed E-state index contributed by atoms with van der Waals surface area (Å²) < 4.78 is 5.17. The van der Waals surface area contributed by atoms with Crippen molar-refractivity contribution < 1.29 is 9.53 Å². The first-order chi connectivity index (χ1) is 7.83. The van der Waals surface area contributed by atoms with Gasteiger partial charge in [-0.05, 0) is 12.1 Å². The maximum absolute atomic E-state index is 12.1. The number of ketones is 1. The maximum atomic E-state index is 12.1. The number of rotatable bonds is 3. The molecular formula is C14H12NaO2. The van der Waals surface area contributed by atoms with E-state index in [1.54, 1.807) is 31.4 Å². The molecule has 0 amide bonds. The van der Waals surface area contributed by atoms with Gasteiger partial charge in [0.05, 0.1) is 12.7 Å². The van der Waals surface area contributed by atoms with Crippen molar-refractivity contribution in [3.63, 3.8) is 0 Å². The zero-order valence-electron chi connectivity index (χ0n) is 10.0. The Kier molecular flexibility index (Phi) is 5.42. The molecule has 17 heavy (non-hydrogen) atoms. The minimum atomic E-state index is -0.0157. The standard InChI is InChI=1S/C14H12O2.Na/c1-16-13-10-6-5-9-12(13)14(15)11-7-3-2-4-8-11;/h2-10H,1H3;. The molecule has 0 aromatic heterocycles. The Morgan fingerprint density at radius 3 is 2.18 bits per heavy atom. The van der Waals surface area contributed by atoms with E-state index in [-0.39, 0.29) is 35.3 Å². The number of para-hydroxylation sites is 1. The Morgan fingerprint density at radius 1 is 0.941 bits per heavy atom. The molecule has 0 spiro atoms. The Bertz CT molecular complexity index is 495. The number of hydrogen-bond donors (Lipinski definition) is 0. The average Bonchev–Trinajstić information content (AvgIpc) is 2.39. The fraction of sp³-hybridized carbons (Fsp3) is 0.0714. The quantitative estimate of drug-likeness (QED) is 0.603. The predicted octanol–water partition coefficient (Wildman–Crippen LogP) is 2.55. The van der Waals surface area contributed by atoms with Crippen molar-refractivity contribution in [2.45, 2.75) is 0 Å². The van der Waals surface area contributed by atoms with Crippen molar-refractivity contribution in [1.29, 1.82) is 0 Å². The van der Waals surface area contributed by atoms with Crippen LogP contribution in [0, 0.1) is 0 Å². The smallest absolute Gasteiger partial charge is 0.196 e. The molecule has 0 fully saturated rings.